The average molecular weight is 321 g/mol. The Morgan fingerprint density at radius 3 is 2.17 bits per heavy atom. The van der Waals surface area contributed by atoms with Gasteiger partial charge in [0.05, 0.1) is 0 Å². The van der Waals surface area contributed by atoms with Crippen LogP contribution in [0.25, 0.3) is 22.2 Å². The largest absolute Gasteiger partial charge is 0.384 e. The monoisotopic (exact) mass is 321 g/mol. The third kappa shape index (κ3) is 3.46. The van der Waals surface area contributed by atoms with E-state index in [1.807, 2.05) is 56.3 Å². The Morgan fingerprint density at radius 2 is 1.58 bits per heavy atom. The van der Waals surface area contributed by atoms with Gasteiger partial charge in [0, 0.05) is 34.8 Å². The molecule has 3 aromatic rings. The topological polar surface area (TPSA) is 104 Å². The average Bonchev–Trinajstić information content (AvgIpc) is 3.06. The SMILES string of the molecule is CC.CN=C(N)c1ccc2cc(-c3ccc(C(=N)N)cc3)[nH]c2c1. The van der Waals surface area contributed by atoms with Gasteiger partial charge in [-0.25, -0.2) is 0 Å². The van der Waals surface area contributed by atoms with Gasteiger partial charge >= 0.3 is 0 Å². The molecule has 0 spiro atoms. The summed E-state index contributed by atoms with van der Waals surface area (Å²) < 4.78 is 0. The van der Waals surface area contributed by atoms with Crippen molar-refractivity contribution in [3.05, 3.63) is 59.7 Å². The number of aromatic amines is 1. The van der Waals surface area contributed by atoms with Crippen LogP contribution < -0.4 is 11.5 Å². The molecule has 124 valence electrons. The van der Waals surface area contributed by atoms with Crippen molar-refractivity contribution in [2.75, 3.05) is 7.05 Å². The van der Waals surface area contributed by atoms with Crippen LogP contribution in [0.15, 0.2) is 53.5 Å². The summed E-state index contributed by atoms with van der Waals surface area (Å²) in [6.07, 6.45) is 0. The number of rotatable bonds is 3. The van der Waals surface area contributed by atoms with E-state index in [0.29, 0.717) is 11.4 Å². The van der Waals surface area contributed by atoms with Gasteiger partial charge in [0.25, 0.3) is 0 Å². The van der Waals surface area contributed by atoms with Crippen LogP contribution in [-0.4, -0.2) is 23.7 Å². The molecule has 1 heterocycles. The van der Waals surface area contributed by atoms with E-state index in [1.165, 1.54) is 0 Å². The third-order valence-electron chi connectivity index (χ3n) is 3.67. The summed E-state index contributed by atoms with van der Waals surface area (Å²) in [6.45, 7) is 4.00. The molecular formula is C19H23N5. The van der Waals surface area contributed by atoms with Crippen molar-refractivity contribution in [3.63, 3.8) is 0 Å². The molecule has 0 fully saturated rings. The summed E-state index contributed by atoms with van der Waals surface area (Å²) in [4.78, 5) is 7.39. The highest BCUT2D eigenvalue weighted by atomic mass is 14.8. The second-order valence-electron chi connectivity index (χ2n) is 5.08. The molecule has 3 rings (SSSR count). The number of nitrogens with one attached hydrogen (secondary N) is 2. The zero-order chi connectivity index (χ0) is 17.7. The highest BCUT2D eigenvalue weighted by Gasteiger charge is 2.06. The van der Waals surface area contributed by atoms with E-state index >= 15 is 0 Å². The molecule has 0 saturated heterocycles. The van der Waals surface area contributed by atoms with Gasteiger partial charge < -0.3 is 16.5 Å². The number of nitrogen functional groups attached to an aromatic ring is 1. The van der Waals surface area contributed by atoms with Crippen molar-refractivity contribution in [2.24, 2.45) is 16.5 Å². The van der Waals surface area contributed by atoms with Crippen LogP contribution in [-0.2, 0) is 0 Å². The minimum Gasteiger partial charge on any atom is -0.384 e. The summed E-state index contributed by atoms with van der Waals surface area (Å²) >= 11 is 0. The second-order valence-corrected chi connectivity index (χ2v) is 5.08. The lowest BCUT2D eigenvalue weighted by Crippen LogP contribution is -2.12. The van der Waals surface area contributed by atoms with Gasteiger partial charge in [-0.1, -0.05) is 50.2 Å². The minimum absolute atomic E-state index is 0.0715. The number of aliphatic imine (C=N–C) groups is 1. The number of nitrogens with two attached hydrogens (primary N) is 2. The zero-order valence-corrected chi connectivity index (χ0v) is 14.2. The van der Waals surface area contributed by atoms with E-state index in [9.17, 15) is 0 Å². The normalized spacial score (nSPS) is 11.0. The number of fused-ring (bicyclic) bond motifs is 1. The van der Waals surface area contributed by atoms with Gasteiger partial charge in [0.15, 0.2) is 0 Å². The maximum atomic E-state index is 7.43. The van der Waals surface area contributed by atoms with E-state index in [0.717, 1.165) is 27.7 Å². The molecule has 6 N–H and O–H groups in total. The summed E-state index contributed by atoms with van der Waals surface area (Å²) in [5.41, 5.74) is 16.0. The summed E-state index contributed by atoms with van der Waals surface area (Å²) in [5, 5.41) is 8.54. The Kier molecular flexibility index (Phi) is 5.37. The van der Waals surface area contributed by atoms with Crippen molar-refractivity contribution in [2.45, 2.75) is 13.8 Å². The quantitative estimate of drug-likeness (QED) is 0.438. The fourth-order valence-corrected chi connectivity index (χ4v) is 2.40. The van der Waals surface area contributed by atoms with Crippen molar-refractivity contribution in [1.29, 1.82) is 5.41 Å². The van der Waals surface area contributed by atoms with Gasteiger partial charge in [-0.05, 0) is 17.7 Å². The van der Waals surface area contributed by atoms with Gasteiger partial charge in [0.1, 0.15) is 11.7 Å². The molecule has 24 heavy (non-hydrogen) atoms. The summed E-state index contributed by atoms with van der Waals surface area (Å²) in [7, 11) is 1.68. The molecule has 0 aliphatic carbocycles. The van der Waals surface area contributed by atoms with Gasteiger partial charge in [0.2, 0.25) is 0 Å². The first kappa shape index (κ1) is 17.3. The fourth-order valence-electron chi connectivity index (χ4n) is 2.40. The number of H-pyrrole nitrogens is 1. The lowest BCUT2D eigenvalue weighted by molar-refractivity contribution is 1.39. The molecule has 0 unspecified atom stereocenters. The van der Waals surface area contributed by atoms with Crippen LogP contribution in [0.2, 0.25) is 0 Å². The minimum atomic E-state index is 0.0715. The molecule has 0 aliphatic rings. The number of benzene rings is 2. The first-order valence-corrected chi connectivity index (χ1v) is 7.88. The molecule has 5 heteroatoms. The van der Waals surface area contributed by atoms with Crippen molar-refractivity contribution in [3.8, 4) is 11.3 Å². The highest BCUT2D eigenvalue weighted by molar-refractivity contribution is 6.01. The van der Waals surface area contributed by atoms with Crippen molar-refractivity contribution >= 4 is 22.6 Å². The predicted molar refractivity (Wildman–Crippen MR) is 103 cm³/mol. The smallest absolute Gasteiger partial charge is 0.125 e. The van der Waals surface area contributed by atoms with Crippen LogP contribution in [0.1, 0.15) is 25.0 Å². The molecular weight excluding hydrogens is 298 g/mol. The van der Waals surface area contributed by atoms with Crippen LogP contribution in [0.4, 0.5) is 0 Å². The lowest BCUT2D eigenvalue weighted by atomic mass is 10.1. The maximum absolute atomic E-state index is 7.43. The molecule has 0 aliphatic heterocycles. The van der Waals surface area contributed by atoms with Gasteiger partial charge in [-0.3, -0.25) is 10.4 Å². The van der Waals surface area contributed by atoms with E-state index in [1.54, 1.807) is 7.05 Å². The molecule has 0 amide bonds. The number of amidine groups is 2. The number of hydrogen-bond acceptors (Lipinski definition) is 2. The van der Waals surface area contributed by atoms with E-state index in [-0.39, 0.29) is 5.84 Å². The molecule has 0 radical (unpaired) electrons. The summed E-state index contributed by atoms with van der Waals surface area (Å²) in [5.74, 6) is 0.589. The Balaban J connectivity index is 0.00000100. The number of aromatic nitrogens is 1. The Bertz CT molecular complexity index is 872. The zero-order valence-electron chi connectivity index (χ0n) is 14.2. The van der Waals surface area contributed by atoms with E-state index in [4.69, 9.17) is 16.9 Å². The van der Waals surface area contributed by atoms with Gasteiger partial charge in [-0.2, -0.15) is 0 Å². The molecule has 0 bridgehead atoms. The Hall–Kier alpha value is -3.08. The molecule has 2 aromatic carbocycles. The van der Waals surface area contributed by atoms with Gasteiger partial charge in [-0.15, -0.1) is 0 Å². The van der Waals surface area contributed by atoms with Crippen molar-refractivity contribution < 1.29 is 0 Å². The second kappa shape index (κ2) is 7.46. The molecule has 0 saturated carbocycles. The first-order chi connectivity index (χ1) is 11.6. The summed E-state index contributed by atoms with van der Waals surface area (Å²) in [6, 6.07) is 15.6. The standard InChI is InChI=1S/C17H17N5.C2H6/c1-21-17(20)13-7-6-12-8-14(22-15(12)9-13)10-2-4-11(5-3-10)16(18)19;1-2/h2-9,22H,1H3,(H3,18,19)(H2,20,21);1-2H3. The highest BCUT2D eigenvalue weighted by Crippen LogP contribution is 2.25. The molecule has 0 atom stereocenters. The predicted octanol–water partition coefficient (Wildman–Crippen LogP) is 3.48. The number of nitrogens with zero attached hydrogens (tertiary/aromatic N) is 1. The lowest BCUT2D eigenvalue weighted by Gasteiger charge is -2.01. The molecule has 1 aromatic heterocycles. The van der Waals surface area contributed by atoms with Crippen LogP contribution in [0.5, 0.6) is 0 Å². The Labute approximate surface area is 141 Å². The van der Waals surface area contributed by atoms with E-state index in [2.05, 4.69) is 16.0 Å². The third-order valence-corrected chi connectivity index (χ3v) is 3.67. The first-order valence-electron chi connectivity index (χ1n) is 7.88. The van der Waals surface area contributed by atoms with Crippen LogP contribution in [0, 0.1) is 5.41 Å². The fraction of sp³-hybridized carbons (Fsp3) is 0.158. The van der Waals surface area contributed by atoms with Crippen LogP contribution >= 0.6 is 0 Å². The maximum Gasteiger partial charge on any atom is 0.125 e. The van der Waals surface area contributed by atoms with Crippen LogP contribution in [0.3, 0.4) is 0 Å². The number of hydrogen-bond donors (Lipinski definition) is 4. The molecule has 5 nitrogen and oxygen atoms in total. The van der Waals surface area contributed by atoms with E-state index < -0.39 is 0 Å². The Morgan fingerprint density at radius 1 is 0.958 bits per heavy atom. The van der Waals surface area contributed by atoms with Crippen molar-refractivity contribution in [1.82, 2.24) is 4.98 Å².